The minimum absolute atomic E-state index is 0.0161. The van der Waals surface area contributed by atoms with Crippen molar-refractivity contribution < 1.29 is 14.5 Å². The van der Waals surface area contributed by atoms with Crippen LogP contribution in [0.4, 0.5) is 5.69 Å². The van der Waals surface area contributed by atoms with E-state index in [1.54, 1.807) is 11.0 Å². The van der Waals surface area contributed by atoms with Crippen molar-refractivity contribution >= 4 is 11.6 Å². The van der Waals surface area contributed by atoms with Gasteiger partial charge in [-0.3, -0.25) is 14.9 Å². The van der Waals surface area contributed by atoms with Crippen LogP contribution in [-0.2, 0) is 0 Å². The lowest BCUT2D eigenvalue weighted by Gasteiger charge is -2.32. The highest BCUT2D eigenvalue weighted by Crippen LogP contribution is 2.32. The van der Waals surface area contributed by atoms with E-state index < -0.39 is 4.92 Å². The van der Waals surface area contributed by atoms with Gasteiger partial charge in [-0.1, -0.05) is 6.07 Å². The quantitative estimate of drug-likeness (QED) is 0.668. The third-order valence-electron chi connectivity index (χ3n) is 3.77. The lowest BCUT2D eigenvalue weighted by Crippen LogP contribution is -2.42. The summed E-state index contributed by atoms with van der Waals surface area (Å²) >= 11 is 0. The number of hydrogen-bond acceptors (Lipinski definition) is 5. The third-order valence-corrected chi connectivity index (χ3v) is 3.77. The third kappa shape index (κ3) is 3.13. The zero-order valence-electron chi connectivity index (χ0n) is 11.9. The average Bonchev–Trinajstić information content (AvgIpc) is 2.53. The zero-order chi connectivity index (χ0) is 15.4. The number of amides is 1. The predicted octanol–water partition coefficient (Wildman–Crippen LogP) is 1.41. The monoisotopic (exact) mass is 293 g/mol. The van der Waals surface area contributed by atoms with Gasteiger partial charge in [-0.25, -0.2) is 0 Å². The van der Waals surface area contributed by atoms with Gasteiger partial charge in [-0.15, -0.1) is 0 Å². The van der Waals surface area contributed by atoms with E-state index in [2.05, 4.69) is 0 Å². The summed E-state index contributed by atoms with van der Waals surface area (Å²) in [6.07, 6.45) is 1.90. The molecule has 1 heterocycles. The number of nitrogens with two attached hydrogens (primary N) is 1. The van der Waals surface area contributed by atoms with Crippen molar-refractivity contribution in [2.45, 2.75) is 12.8 Å². The number of nitro benzene ring substituents is 1. The minimum atomic E-state index is -0.547. The molecule has 1 saturated heterocycles. The SMILES string of the molecule is COc1c(C(=O)N2CCCC(CN)C2)cccc1[N+](=O)[O-]. The second-order valence-electron chi connectivity index (χ2n) is 5.11. The molecule has 0 bridgehead atoms. The molecular formula is C14H19N3O4. The first-order valence-corrected chi connectivity index (χ1v) is 6.89. The average molecular weight is 293 g/mol. The molecule has 1 fully saturated rings. The molecule has 0 aromatic heterocycles. The van der Waals surface area contributed by atoms with E-state index in [-0.39, 0.29) is 28.8 Å². The topological polar surface area (TPSA) is 98.7 Å². The summed E-state index contributed by atoms with van der Waals surface area (Å²) in [7, 11) is 1.33. The number of carbonyl (C=O) groups is 1. The molecule has 1 aromatic carbocycles. The Labute approximate surface area is 122 Å². The highest BCUT2D eigenvalue weighted by molar-refractivity contribution is 5.98. The highest BCUT2D eigenvalue weighted by atomic mass is 16.6. The molecule has 7 nitrogen and oxygen atoms in total. The Bertz CT molecular complexity index is 547. The Morgan fingerprint density at radius 3 is 2.95 bits per heavy atom. The molecule has 21 heavy (non-hydrogen) atoms. The van der Waals surface area contributed by atoms with Crippen LogP contribution in [0.1, 0.15) is 23.2 Å². The van der Waals surface area contributed by atoms with Crippen LogP contribution in [-0.4, -0.2) is 42.5 Å². The minimum Gasteiger partial charge on any atom is -0.490 e. The largest absolute Gasteiger partial charge is 0.490 e. The summed E-state index contributed by atoms with van der Waals surface area (Å²) in [5.41, 5.74) is 5.70. The van der Waals surface area contributed by atoms with E-state index in [0.717, 1.165) is 12.8 Å². The van der Waals surface area contributed by atoms with Gasteiger partial charge >= 0.3 is 5.69 Å². The van der Waals surface area contributed by atoms with Gasteiger partial charge < -0.3 is 15.4 Å². The van der Waals surface area contributed by atoms with E-state index >= 15 is 0 Å². The molecule has 1 amide bonds. The lowest BCUT2D eigenvalue weighted by atomic mass is 9.97. The van der Waals surface area contributed by atoms with Gasteiger partial charge in [0.05, 0.1) is 17.6 Å². The smallest absolute Gasteiger partial charge is 0.311 e. The van der Waals surface area contributed by atoms with Crippen molar-refractivity contribution in [2.75, 3.05) is 26.7 Å². The van der Waals surface area contributed by atoms with Gasteiger partial charge in [0, 0.05) is 19.2 Å². The van der Waals surface area contributed by atoms with Crippen LogP contribution < -0.4 is 10.5 Å². The molecule has 0 spiro atoms. The number of hydrogen-bond donors (Lipinski definition) is 1. The van der Waals surface area contributed by atoms with Gasteiger partial charge in [0.2, 0.25) is 5.75 Å². The Kier molecular flexibility index (Phi) is 4.74. The van der Waals surface area contributed by atoms with Gasteiger partial charge in [-0.05, 0) is 31.4 Å². The van der Waals surface area contributed by atoms with Crippen molar-refractivity contribution in [1.29, 1.82) is 0 Å². The van der Waals surface area contributed by atoms with Gasteiger partial charge in [0.15, 0.2) is 0 Å². The Balaban J connectivity index is 2.30. The number of carbonyl (C=O) groups excluding carboxylic acids is 1. The first-order chi connectivity index (χ1) is 10.1. The van der Waals surface area contributed by atoms with E-state index in [9.17, 15) is 14.9 Å². The molecule has 0 saturated carbocycles. The van der Waals surface area contributed by atoms with E-state index in [1.807, 2.05) is 0 Å². The molecule has 2 N–H and O–H groups in total. The van der Waals surface area contributed by atoms with Crippen LogP contribution in [0.5, 0.6) is 5.75 Å². The molecule has 1 aliphatic rings. The second kappa shape index (κ2) is 6.53. The summed E-state index contributed by atoms with van der Waals surface area (Å²) in [6, 6.07) is 4.38. The van der Waals surface area contributed by atoms with Gasteiger partial charge in [-0.2, -0.15) is 0 Å². The number of para-hydroxylation sites is 1. The van der Waals surface area contributed by atoms with Crippen LogP contribution in [0.25, 0.3) is 0 Å². The number of methoxy groups -OCH3 is 1. The van der Waals surface area contributed by atoms with Crippen LogP contribution in [0.3, 0.4) is 0 Å². The molecule has 0 aliphatic carbocycles. The summed E-state index contributed by atoms with van der Waals surface area (Å²) in [4.78, 5) is 24.8. The fourth-order valence-corrected chi connectivity index (χ4v) is 2.66. The molecule has 114 valence electrons. The fourth-order valence-electron chi connectivity index (χ4n) is 2.66. The fraction of sp³-hybridized carbons (Fsp3) is 0.500. The van der Waals surface area contributed by atoms with E-state index in [0.29, 0.717) is 19.6 Å². The van der Waals surface area contributed by atoms with Crippen molar-refractivity contribution in [1.82, 2.24) is 4.90 Å². The molecule has 2 rings (SSSR count). The number of nitrogens with zero attached hydrogens (tertiary/aromatic N) is 2. The standard InChI is InChI=1S/C14H19N3O4/c1-21-13-11(5-2-6-12(13)17(19)20)14(18)16-7-3-4-10(8-15)9-16/h2,5-6,10H,3-4,7-9,15H2,1H3. The van der Waals surface area contributed by atoms with Crippen LogP contribution in [0.15, 0.2) is 18.2 Å². The Morgan fingerprint density at radius 1 is 1.57 bits per heavy atom. The summed E-state index contributed by atoms with van der Waals surface area (Å²) in [5, 5.41) is 11.0. The van der Waals surface area contributed by atoms with Gasteiger partial charge in [0.1, 0.15) is 0 Å². The maximum Gasteiger partial charge on any atom is 0.311 e. The molecular weight excluding hydrogens is 274 g/mol. The van der Waals surface area contributed by atoms with E-state index in [1.165, 1.54) is 19.2 Å². The summed E-state index contributed by atoms with van der Waals surface area (Å²) in [5.74, 6) is 0.0588. The first kappa shape index (κ1) is 15.2. The van der Waals surface area contributed by atoms with Gasteiger partial charge in [0.25, 0.3) is 5.91 Å². The number of piperidine rings is 1. The number of benzene rings is 1. The van der Waals surface area contributed by atoms with Crippen molar-refractivity contribution in [3.8, 4) is 5.75 Å². The second-order valence-corrected chi connectivity index (χ2v) is 5.11. The Hall–Kier alpha value is -2.15. The maximum atomic E-state index is 12.6. The van der Waals surface area contributed by atoms with Crippen molar-refractivity contribution in [3.63, 3.8) is 0 Å². The zero-order valence-corrected chi connectivity index (χ0v) is 11.9. The molecule has 1 aliphatic heterocycles. The van der Waals surface area contributed by atoms with Crippen LogP contribution in [0.2, 0.25) is 0 Å². The number of nitro groups is 1. The highest BCUT2D eigenvalue weighted by Gasteiger charge is 2.28. The normalized spacial score (nSPS) is 18.4. The number of likely N-dealkylation sites (tertiary alicyclic amines) is 1. The van der Waals surface area contributed by atoms with Crippen LogP contribution in [0, 0.1) is 16.0 Å². The lowest BCUT2D eigenvalue weighted by molar-refractivity contribution is -0.385. The predicted molar refractivity (Wildman–Crippen MR) is 77.3 cm³/mol. The molecule has 7 heteroatoms. The molecule has 0 radical (unpaired) electrons. The maximum absolute atomic E-state index is 12.6. The van der Waals surface area contributed by atoms with Crippen LogP contribution >= 0.6 is 0 Å². The number of rotatable bonds is 4. The van der Waals surface area contributed by atoms with Crippen molar-refractivity contribution in [2.24, 2.45) is 11.7 Å². The first-order valence-electron chi connectivity index (χ1n) is 6.89. The summed E-state index contributed by atoms with van der Waals surface area (Å²) in [6.45, 7) is 1.76. The molecule has 1 atom stereocenters. The van der Waals surface area contributed by atoms with E-state index in [4.69, 9.17) is 10.5 Å². The Morgan fingerprint density at radius 2 is 2.33 bits per heavy atom. The molecule has 1 unspecified atom stereocenters. The van der Waals surface area contributed by atoms with Crippen molar-refractivity contribution in [3.05, 3.63) is 33.9 Å². The molecule has 1 aromatic rings. The summed E-state index contributed by atoms with van der Waals surface area (Å²) < 4.78 is 5.09. The number of ether oxygens (including phenoxy) is 1.